The van der Waals surface area contributed by atoms with E-state index in [0.717, 1.165) is 11.3 Å². The van der Waals surface area contributed by atoms with Gasteiger partial charge < -0.3 is 10.2 Å². The number of pyridine rings is 1. The van der Waals surface area contributed by atoms with Crippen molar-refractivity contribution in [3.63, 3.8) is 0 Å². The molecule has 8 nitrogen and oxygen atoms in total. The molecule has 3 aromatic rings. The maximum atomic E-state index is 12.8. The highest BCUT2D eigenvalue weighted by molar-refractivity contribution is 8.00. The number of carbonyl (C=O) groups excluding carboxylic acids is 3. The van der Waals surface area contributed by atoms with Crippen molar-refractivity contribution in [1.82, 2.24) is 15.4 Å². The molecule has 33 heavy (non-hydrogen) atoms. The number of benzene rings is 2. The second-order valence-electron chi connectivity index (χ2n) is 7.60. The number of hydrazine groups is 1. The third-order valence-electron chi connectivity index (χ3n) is 5.09. The predicted molar refractivity (Wildman–Crippen MR) is 129 cm³/mol. The van der Waals surface area contributed by atoms with Gasteiger partial charge in [0.2, 0.25) is 0 Å². The number of thioether (sulfide) groups is 1. The van der Waals surface area contributed by atoms with E-state index in [4.69, 9.17) is 0 Å². The average Bonchev–Trinajstić information content (AvgIpc) is 3.20. The zero-order valence-electron chi connectivity index (χ0n) is 18.2. The molecule has 1 aliphatic heterocycles. The van der Waals surface area contributed by atoms with Gasteiger partial charge in [-0.1, -0.05) is 18.2 Å². The number of anilines is 2. The first kappa shape index (κ1) is 22.3. The summed E-state index contributed by atoms with van der Waals surface area (Å²) in [6.45, 7) is 0. The maximum absolute atomic E-state index is 12.8. The van der Waals surface area contributed by atoms with E-state index in [1.54, 1.807) is 48.7 Å². The number of hydrogen-bond acceptors (Lipinski definition) is 6. The number of amides is 3. The molecule has 2 heterocycles. The van der Waals surface area contributed by atoms with Crippen LogP contribution in [0, 0.1) is 0 Å². The number of aromatic nitrogens is 1. The largest absolute Gasteiger partial charge is 0.378 e. The molecule has 0 bridgehead atoms. The van der Waals surface area contributed by atoms with Crippen molar-refractivity contribution in [2.75, 3.05) is 30.1 Å². The summed E-state index contributed by atoms with van der Waals surface area (Å²) in [5.74, 6) is -0.605. The van der Waals surface area contributed by atoms with Crippen LogP contribution in [0.4, 0.5) is 11.4 Å². The second kappa shape index (κ2) is 9.74. The standard InChI is InChI=1S/C24H23N5O3S/c1-28(2)19-12-8-17(9-13-19)24-29(21(30)15-33-24)27-22(31)16-6-10-18(11-7-16)26-23(32)20-5-3-4-14-25-20/h3-14,24H,15H2,1-2H3,(H,26,32)(H,27,31). The molecule has 2 aromatic carbocycles. The number of carbonyl (C=O) groups is 3. The summed E-state index contributed by atoms with van der Waals surface area (Å²) in [6.07, 6.45) is 1.55. The topological polar surface area (TPSA) is 94.6 Å². The van der Waals surface area contributed by atoms with Gasteiger partial charge in [0.1, 0.15) is 11.1 Å². The van der Waals surface area contributed by atoms with E-state index in [1.807, 2.05) is 43.3 Å². The van der Waals surface area contributed by atoms with Gasteiger partial charge in [-0.25, -0.2) is 5.01 Å². The molecule has 9 heteroatoms. The maximum Gasteiger partial charge on any atom is 0.274 e. The molecule has 2 N–H and O–H groups in total. The first-order chi connectivity index (χ1) is 15.9. The summed E-state index contributed by atoms with van der Waals surface area (Å²) in [5, 5.41) is 3.83. The van der Waals surface area contributed by atoms with Gasteiger partial charge in [0, 0.05) is 37.2 Å². The highest BCUT2D eigenvalue weighted by Gasteiger charge is 2.34. The van der Waals surface area contributed by atoms with E-state index in [0.29, 0.717) is 22.7 Å². The Morgan fingerprint density at radius 1 is 1.00 bits per heavy atom. The minimum atomic E-state index is -0.400. The van der Waals surface area contributed by atoms with Crippen molar-refractivity contribution in [1.29, 1.82) is 0 Å². The summed E-state index contributed by atoms with van der Waals surface area (Å²) in [6, 6.07) is 19.4. The van der Waals surface area contributed by atoms with Crippen LogP contribution in [-0.4, -0.2) is 47.6 Å². The van der Waals surface area contributed by atoms with Gasteiger partial charge in [-0.15, -0.1) is 11.8 Å². The van der Waals surface area contributed by atoms with E-state index < -0.39 is 5.91 Å². The molecular formula is C24H23N5O3S. The first-order valence-electron chi connectivity index (χ1n) is 10.3. The van der Waals surface area contributed by atoms with Crippen LogP contribution in [0.1, 0.15) is 31.8 Å². The number of nitrogens with zero attached hydrogens (tertiary/aromatic N) is 3. The molecule has 1 saturated heterocycles. The summed E-state index contributed by atoms with van der Waals surface area (Å²) in [4.78, 5) is 43.5. The van der Waals surface area contributed by atoms with Gasteiger partial charge in [-0.3, -0.25) is 24.8 Å². The normalized spacial score (nSPS) is 15.3. The molecule has 3 amide bonds. The predicted octanol–water partition coefficient (Wildman–Crippen LogP) is 3.32. The van der Waals surface area contributed by atoms with E-state index in [9.17, 15) is 14.4 Å². The van der Waals surface area contributed by atoms with Crippen LogP contribution in [0.3, 0.4) is 0 Å². The minimum Gasteiger partial charge on any atom is -0.378 e. The first-order valence-corrected chi connectivity index (χ1v) is 11.3. The van der Waals surface area contributed by atoms with E-state index in [1.165, 1.54) is 16.8 Å². The minimum absolute atomic E-state index is 0.158. The van der Waals surface area contributed by atoms with Crippen molar-refractivity contribution in [3.8, 4) is 0 Å². The van der Waals surface area contributed by atoms with Gasteiger partial charge >= 0.3 is 0 Å². The molecule has 0 aliphatic carbocycles. The summed E-state index contributed by atoms with van der Waals surface area (Å²) >= 11 is 1.46. The average molecular weight is 462 g/mol. The smallest absolute Gasteiger partial charge is 0.274 e. The molecule has 0 spiro atoms. The Morgan fingerprint density at radius 3 is 2.36 bits per heavy atom. The lowest BCUT2D eigenvalue weighted by molar-refractivity contribution is -0.130. The van der Waals surface area contributed by atoms with E-state index >= 15 is 0 Å². The Labute approximate surface area is 196 Å². The van der Waals surface area contributed by atoms with Gasteiger partial charge in [0.25, 0.3) is 17.7 Å². The lowest BCUT2D eigenvalue weighted by Gasteiger charge is -2.25. The molecule has 1 unspecified atom stereocenters. The van der Waals surface area contributed by atoms with Crippen LogP contribution in [0.15, 0.2) is 72.9 Å². The summed E-state index contributed by atoms with van der Waals surface area (Å²) in [7, 11) is 3.93. The van der Waals surface area contributed by atoms with Crippen LogP contribution in [0.5, 0.6) is 0 Å². The van der Waals surface area contributed by atoms with Crippen LogP contribution >= 0.6 is 11.8 Å². The monoisotopic (exact) mass is 461 g/mol. The van der Waals surface area contributed by atoms with Crippen molar-refractivity contribution in [3.05, 3.63) is 89.7 Å². The summed E-state index contributed by atoms with van der Waals surface area (Å²) in [5.41, 5.74) is 5.93. The Kier molecular flexibility index (Phi) is 6.60. The van der Waals surface area contributed by atoms with Gasteiger partial charge in [-0.2, -0.15) is 0 Å². The number of hydrogen-bond donors (Lipinski definition) is 2. The van der Waals surface area contributed by atoms with Crippen LogP contribution in [-0.2, 0) is 4.79 Å². The quantitative estimate of drug-likeness (QED) is 0.585. The number of nitrogens with one attached hydrogen (secondary N) is 2. The molecule has 168 valence electrons. The fourth-order valence-corrected chi connectivity index (χ4v) is 4.41. The van der Waals surface area contributed by atoms with Crippen molar-refractivity contribution >= 4 is 40.9 Å². The van der Waals surface area contributed by atoms with E-state index in [-0.39, 0.29) is 17.2 Å². The van der Waals surface area contributed by atoms with E-state index in [2.05, 4.69) is 15.7 Å². The Hall–Kier alpha value is -3.85. The molecule has 0 radical (unpaired) electrons. The summed E-state index contributed by atoms with van der Waals surface area (Å²) < 4.78 is 0. The second-order valence-corrected chi connectivity index (χ2v) is 8.67. The lowest BCUT2D eigenvalue weighted by atomic mass is 10.2. The highest BCUT2D eigenvalue weighted by atomic mass is 32.2. The molecular weight excluding hydrogens is 438 g/mol. The Bertz CT molecular complexity index is 1150. The van der Waals surface area contributed by atoms with Crippen LogP contribution < -0.4 is 15.6 Å². The lowest BCUT2D eigenvalue weighted by Crippen LogP contribution is -2.44. The fourth-order valence-electron chi connectivity index (χ4n) is 3.30. The molecule has 1 atom stereocenters. The zero-order valence-corrected chi connectivity index (χ0v) is 19.0. The molecule has 1 aromatic heterocycles. The fraction of sp³-hybridized carbons (Fsp3) is 0.167. The zero-order chi connectivity index (χ0) is 23.4. The third-order valence-corrected chi connectivity index (χ3v) is 6.30. The SMILES string of the molecule is CN(C)c1ccc(C2SCC(=O)N2NC(=O)c2ccc(NC(=O)c3ccccn3)cc2)cc1. The number of rotatable bonds is 6. The third kappa shape index (κ3) is 5.15. The van der Waals surface area contributed by atoms with Crippen molar-refractivity contribution in [2.45, 2.75) is 5.37 Å². The van der Waals surface area contributed by atoms with Crippen LogP contribution in [0.25, 0.3) is 0 Å². The van der Waals surface area contributed by atoms with Gasteiger partial charge in [0.05, 0.1) is 5.75 Å². The highest BCUT2D eigenvalue weighted by Crippen LogP contribution is 2.37. The molecule has 1 fully saturated rings. The van der Waals surface area contributed by atoms with Crippen molar-refractivity contribution < 1.29 is 14.4 Å². The van der Waals surface area contributed by atoms with Gasteiger partial charge in [0.15, 0.2) is 0 Å². The van der Waals surface area contributed by atoms with Gasteiger partial charge in [-0.05, 0) is 54.1 Å². The Balaban J connectivity index is 1.42. The Morgan fingerprint density at radius 2 is 1.73 bits per heavy atom. The molecule has 4 rings (SSSR count). The van der Waals surface area contributed by atoms with Crippen LogP contribution in [0.2, 0.25) is 0 Å². The van der Waals surface area contributed by atoms with Crippen molar-refractivity contribution in [2.24, 2.45) is 0 Å². The molecule has 0 saturated carbocycles. The molecule has 1 aliphatic rings.